The summed E-state index contributed by atoms with van der Waals surface area (Å²) in [4.78, 5) is 11.1. The molecular formula is C14H9NO3. The van der Waals surface area contributed by atoms with Gasteiger partial charge >= 0.3 is 5.97 Å². The average molecular weight is 239 g/mol. The van der Waals surface area contributed by atoms with E-state index in [0.717, 1.165) is 0 Å². The van der Waals surface area contributed by atoms with E-state index in [2.05, 4.69) is 0 Å². The molecule has 0 aliphatic rings. The number of phenols is 1. The lowest BCUT2D eigenvalue weighted by Gasteiger charge is -2.07. The number of rotatable bonds is 2. The van der Waals surface area contributed by atoms with Crippen LogP contribution in [-0.2, 0) is 0 Å². The van der Waals surface area contributed by atoms with Crippen molar-refractivity contribution in [3.63, 3.8) is 0 Å². The smallest absolute Gasteiger partial charge is 0.336 e. The van der Waals surface area contributed by atoms with Crippen LogP contribution in [0.4, 0.5) is 0 Å². The molecule has 4 heteroatoms. The zero-order valence-corrected chi connectivity index (χ0v) is 9.29. The molecular weight excluding hydrogens is 230 g/mol. The molecule has 0 fully saturated rings. The summed E-state index contributed by atoms with van der Waals surface area (Å²) >= 11 is 0. The largest absolute Gasteiger partial charge is 0.508 e. The van der Waals surface area contributed by atoms with E-state index in [0.29, 0.717) is 16.7 Å². The summed E-state index contributed by atoms with van der Waals surface area (Å²) in [6.45, 7) is 0. The van der Waals surface area contributed by atoms with E-state index in [4.69, 9.17) is 10.4 Å². The van der Waals surface area contributed by atoms with E-state index in [-0.39, 0.29) is 11.3 Å². The number of hydrogen-bond donors (Lipinski definition) is 2. The van der Waals surface area contributed by atoms with Crippen LogP contribution in [0, 0.1) is 11.3 Å². The summed E-state index contributed by atoms with van der Waals surface area (Å²) in [5, 5.41) is 27.2. The number of hydrogen-bond acceptors (Lipinski definition) is 3. The van der Waals surface area contributed by atoms with Gasteiger partial charge in [0.1, 0.15) is 5.75 Å². The van der Waals surface area contributed by atoms with Crippen LogP contribution in [0.1, 0.15) is 15.9 Å². The fraction of sp³-hybridized carbons (Fsp3) is 0. The normalized spacial score (nSPS) is 9.72. The third kappa shape index (κ3) is 2.15. The lowest BCUT2D eigenvalue weighted by atomic mass is 9.98. The minimum absolute atomic E-state index is 0.000593. The van der Waals surface area contributed by atoms with Crippen LogP contribution in [-0.4, -0.2) is 16.2 Å². The third-order valence-electron chi connectivity index (χ3n) is 2.56. The van der Waals surface area contributed by atoms with E-state index in [9.17, 15) is 9.90 Å². The predicted molar refractivity (Wildman–Crippen MR) is 65.2 cm³/mol. The predicted octanol–water partition coefficient (Wildman–Crippen LogP) is 2.63. The Morgan fingerprint density at radius 3 is 2.33 bits per heavy atom. The second-order valence-corrected chi connectivity index (χ2v) is 3.72. The van der Waals surface area contributed by atoms with Crippen molar-refractivity contribution in [3.05, 3.63) is 53.6 Å². The molecule has 2 aromatic rings. The summed E-state index contributed by atoms with van der Waals surface area (Å²) in [7, 11) is 0. The quantitative estimate of drug-likeness (QED) is 0.844. The Morgan fingerprint density at radius 1 is 1.11 bits per heavy atom. The molecule has 0 aliphatic carbocycles. The minimum Gasteiger partial charge on any atom is -0.508 e. The van der Waals surface area contributed by atoms with Crippen LogP contribution in [0.15, 0.2) is 42.5 Å². The van der Waals surface area contributed by atoms with Gasteiger partial charge in [-0.3, -0.25) is 0 Å². The topological polar surface area (TPSA) is 81.3 Å². The maximum atomic E-state index is 11.1. The molecule has 0 unspecified atom stereocenters. The third-order valence-corrected chi connectivity index (χ3v) is 2.56. The number of phenolic OH excluding ortho intramolecular Hbond substituents is 1. The highest BCUT2D eigenvalue weighted by atomic mass is 16.4. The van der Waals surface area contributed by atoms with Crippen molar-refractivity contribution in [2.24, 2.45) is 0 Å². The summed E-state index contributed by atoms with van der Waals surface area (Å²) in [6, 6.07) is 12.6. The summed E-state index contributed by atoms with van der Waals surface area (Å²) in [6.07, 6.45) is 0. The fourth-order valence-electron chi connectivity index (χ4n) is 1.68. The van der Waals surface area contributed by atoms with Crippen LogP contribution in [0.2, 0.25) is 0 Å². The highest BCUT2D eigenvalue weighted by Crippen LogP contribution is 2.27. The molecule has 88 valence electrons. The van der Waals surface area contributed by atoms with Crippen molar-refractivity contribution >= 4 is 5.97 Å². The molecule has 0 heterocycles. The molecule has 2 rings (SSSR count). The first-order chi connectivity index (χ1) is 8.61. The van der Waals surface area contributed by atoms with Crippen molar-refractivity contribution in [2.45, 2.75) is 0 Å². The first-order valence-corrected chi connectivity index (χ1v) is 5.18. The Morgan fingerprint density at radius 2 is 1.78 bits per heavy atom. The van der Waals surface area contributed by atoms with Gasteiger partial charge in [0.25, 0.3) is 0 Å². The van der Waals surface area contributed by atoms with Gasteiger partial charge in [-0.15, -0.1) is 0 Å². The molecule has 0 radical (unpaired) electrons. The monoisotopic (exact) mass is 239 g/mol. The zero-order valence-electron chi connectivity index (χ0n) is 9.29. The molecule has 0 saturated carbocycles. The van der Waals surface area contributed by atoms with E-state index in [1.807, 2.05) is 6.07 Å². The number of aromatic hydroxyl groups is 1. The van der Waals surface area contributed by atoms with Crippen LogP contribution < -0.4 is 0 Å². The molecule has 0 amide bonds. The molecule has 0 saturated heterocycles. The Kier molecular flexibility index (Phi) is 2.98. The van der Waals surface area contributed by atoms with Gasteiger partial charge in [0.15, 0.2) is 0 Å². The lowest BCUT2D eigenvalue weighted by molar-refractivity contribution is 0.0697. The average Bonchev–Trinajstić information content (AvgIpc) is 2.38. The molecule has 2 N–H and O–H groups in total. The second-order valence-electron chi connectivity index (χ2n) is 3.72. The molecule has 0 spiro atoms. The van der Waals surface area contributed by atoms with Gasteiger partial charge in [-0.1, -0.05) is 12.1 Å². The highest BCUT2D eigenvalue weighted by molar-refractivity contribution is 5.96. The Hall–Kier alpha value is -2.80. The number of carbonyl (C=O) groups is 1. The Balaban J connectivity index is 2.58. The van der Waals surface area contributed by atoms with E-state index < -0.39 is 5.97 Å². The zero-order chi connectivity index (χ0) is 13.1. The Labute approximate surface area is 103 Å². The van der Waals surface area contributed by atoms with Crippen molar-refractivity contribution in [1.82, 2.24) is 0 Å². The molecule has 4 nitrogen and oxygen atoms in total. The number of aromatic carboxylic acids is 1. The molecule has 0 bridgehead atoms. The summed E-state index contributed by atoms with van der Waals surface area (Å²) in [5.74, 6) is -1.06. The molecule has 0 aromatic heterocycles. The van der Waals surface area contributed by atoms with E-state index >= 15 is 0 Å². The Bertz CT molecular complexity index is 639. The highest BCUT2D eigenvalue weighted by Gasteiger charge is 2.12. The SMILES string of the molecule is N#Cc1ccc(-c2cc(O)ccc2C(=O)O)cc1. The molecule has 0 aliphatic heterocycles. The van der Waals surface area contributed by atoms with E-state index in [1.54, 1.807) is 24.3 Å². The maximum absolute atomic E-state index is 11.1. The van der Waals surface area contributed by atoms with Crippen molar-refractivity contribution in [3.8, 4) is 22.9 Å². The van der Waals surface area contributed by atoms with Gasteiger partial charge in [-0.25, -0.2) is 4.79 Å². The van der Waals surface area contributed by atoms with Gasteiger partial charge < -0.3 is 10.2 Å². The maximum Gasteiger partial charge on any atom is 0.336 e. The molecule has 18 heavy (non-hydrogen) atoms. The van der Waals surface area contributed by atoms with Gasteiger partial charge in [0.05, 0.1) is 17.2 Å². The standard InChI is InChI=1S/C14H9NO3/c15-8-9-1-3-10(4-2-9)13-7-11(16)5-6-12(13)14(17)18/h1-7,16H,(H,17,18). The molecule has 0 atom stereocenters. The van der Waals surface area contributed by atoms with Gasteiger partial charge in [-0.05, 0) is 41.5 Å². The minimum atomic E-state index is -1.06. The molecule has 2 aromatic carbocycles. The first kappa shape index (κ1) is 11.7. The first-order valence-electron chi connectivity index (χ1n) is 5.18. The van der Waals surface area contributed by atoms with Crippen molar-refractivity contribution < 1.29 is 15.0 Å². The number of nitrogens with zero attached hydrogens (tertiary/aromatic N) is 1. The van der Waals surface area contributed by atoms with Crippen LogP contribution in [0.5, 0.6) is 5.75 Å². The summed E-state index contributed by atoms with van der Waals surface area (Å²) < 4.78 is 0. The van der Waals surface area contributed by atoms with Crippen LogP contribution in [0.3, 0.4) is 0 Å². The van der Waals surface area contributed by atoms with Crippen molar-refractivity contribution in [2.75, 3.05) is 0 Å². The van der Waals surface area contributed by atoms with Crippen LogP contribution >= 0.6 is 0 Å². The van der Waals surface area contributed by atoms with E-state index in [1.165, 1.54) is 18.2 Å². The van der Waals surface area contributed by atoms with Gasteiger partial charge in [-0.2, -0.15) is 5.26 Å². The van der Waals surface area contributed by atoms with Crippen molar-refractivity contribution in [1.29, 1.82) is 5.26 Å². The second kappa shape index (κ2) is 4.60. The van der Waals surface area contributed by atoms with Crippen LogP contribution in [0.25, 0.3) is 11.1 Å². The lowest BCUT2D eigenvalue weighted by Crippen LogP contribution is -1.99. The number of carboxylic acid groups (broad SMARTS) is 1. The van der Waals surface area contributed by atoms with Gasteiger partial charge in [0, 0.05) is 0 Å². The summed E-state index contributed by atoms with van der Waals surface area (Å²) in [5.41, 5.74) is 1.67. The fourth-order valence-corrected chi connectivity index (χ4v) is 1.68. The number of carboxylic acids is 1. The number of nitriles is 1. The van der Waals surface area contributed by atoms with Gasteiger partial charge in [0.2, 0.25) is 0 Å². The number of benzene rings is 2.